The number of aromatic nitrogens is 2. The second kappa shape index (κ2) is 4.66. The number of benzene rings is 1. The fourth-order valence-electron chi connectivity index (χ4n) is 1.85. The van der Waals surface area contributed by atoms with Crippen LogP contribution in [0.5, 0.6) is 0 Å². The monoisotopic (exact) mass is 246 g/mol. The summed E-state index contributed by atoms with van der Waals surface area (Å²) >= 11 is 0. The first kappa shape index (κ1) is 11.0. The third-order valence-electron chi connectivity index (χ3n) is 2.87. The molecule has 0 saturated carbocycles. The molecule has 6 heteroatoms. The first-order valence-electron chi connectivity index (χ1n) is 5.85. The molecule has 2 heterocycles. The van der Waals surface area contributed by atoms with E-state index >= 15 is 0 Å². The van der Waals surface area contributed by atoms with Gasteiger partial charge < -0.3 is 19.9 Å². The molecule has 0 radical (unpaired) electrons. The molecule has 6 nitrogen and oxygen atoms in total. The van der Waals surface area contributed by atoms with Crippen molar-refractivity contribution < 1.29 is 9.26 Å². The largest absolute Gasteiger partial charge is 0.399 e. The summed E-state index contributed by atoms with van der Waals surface area (Å²) < 4.78 is 10.5. The average Bonchev–Trinajstić information content (AvgIpc) is 2.90. The second-order valence-electron chi connectivity index (χ2n) is 4.12. The Hall–Kier alpha value is -2.08. The van der Waals surface area contributed by atoms with Gasteiger partial charge in [0, 0.05) is 24.3 Å². The minimum Gasteiger partial charge on any atom is -0.399 e. The standard InChI is InChI=1S/C12H14N4O2/c13-10-3-1-9(2-4-10)11-14-12(15-18-11)16-5-7-17-8-6-16/h1-4H,5-8,13H2. The molecule has 0 atom stereocenters. The SMILES string of the molecule is Nc1ccc(-c2nc(N3CCOCC3)no2)cc1. The Labute approximate surface area is 104 Å². The number of morpholine rings is 1. The Morgan fingerprint density at radius 1 is 1.11 bits per heavy atom. The van der Waals surface area contributed by atoms with Crippen LogP contribution in [0.2, 0.25) is 0 Å². The van der Waals surface area contributed by atoms with Crippen molar-refractivity contribution in [2.45, 2.75) is 0 Å². The van der Waals surface area contributed by atoms with E-state index in [4.69, 9.17) is 15.0 Å². The first-order valence-corrected chi connectivity index (χ1v) is 5.85. The number of rotatable bonds is 2. The van der Waals surface area contributed by atoms with Crippen molar-refractivity contribution in [1.82, 2.24) is 10.1 Å². The molecule has 0 aliphatic carbocycles. The lowest BCUT2D eigenvalue weighted by Crippen LogP contribution is -2.36. The number of hydrogen-bond acceptors (Lipinski definition) is 6. The van der Waals surface area contributed by atoms with Crippen LogP contribution in [0, 0.1) is 0 Å². The normalized spacial score (nSPS) is 15.9. The van der Waals surface area contributed by atoms with Gasteiger partial charge >= 0.3 is 0 Å². The molecule has 2 N–H and O–H groups in total. The summed E-state index contributed by atoms with van der Waals surface area (Å²) in [6.07, 6.45) is 0. The van der Waals surface area contributed by atoms with Gasteiger partial charge in [0.05, 0.1) is 13.2 Å². The molecule has 18 heavy (non-hydrogen) atoms. The number of nitrogens with zero attached hydrogens (tertiary/aromatic N) is 3. The van der Waals surface area contributed by atoms with Crippen molar-refractivity contribution in [2.24, 2.45) is 0 Å². The van der Waals surface area contributed by atoms with Crippen LogP contribution >= 0.6 is 0 Å². The summed E-state index contributed by atoms with van der Waals surface area (Å²) in [6, 6.07) is 7.36. The smallest absolute Gasteiger partial charge is 0.266 e. The topological polar surface area (TPSA) is 77.4 Å². The molecule has 2 aromatic rings. The molecule has 3 rings (SSSR count). The Bertz CT molecular complexity index is 517. The maximum Gasteiger partial charge on any atom is 0.266 e. The molecular weight excluding hydrogens is 232 g/mol. The Balaban J connectivity index is 1.82. The van der Waals surface area contributed by atoms with Crippen LogP contribution in [0.25, 0.3) is 11.5 Å². The number of anilines is 2. The van der Waals surface area contributed by atoms with Gasteiger partial charge in [-0.15, -0.1) is 0 Å². The molecule has 94 valence electrons. The summed E-state index contributed by atoms with van der Waals surface area (Å²) in [7, 11) is 0. The molecule has 0 amide bonds. The van der Waals surface area contributed by atoms with Gasteiger partial charge in [-0.25, -0.2) is 0 Å². The molecule has 0 spiro atoms. The van der Waals surface area contributed by atoms with Crippen molar-refractivity contribution in [3.05, 3.63) is 24.3 Å². The van der Waals surface area contributed by atoms with E-state index in [0.717, 1.165) is 18.7 Å². The second-order valence-corrected chi connectivity index (χ2v) is 4.12. The van der Waals surface area contributed by atoms with E-state index in [9.17, 15) is 0 Å². The maximum atomic E-state index is 5.64. The number of ether oxygens (including phenoxy) is 1. The van der Waals surface area contributed by atoms with Crippen molar-refractivity contribution in [1.29, 1.82) is 0 Å². The van der Waals surface area contributed by atoms with Crippen molar-refractivity contribution >= 4 is 11.6 Å². The van der Waals surface area contributed by atoms with Gasteiger partial charge in [0.25, 0.3) is 11.8 Å². The van der Waals surface area contributed by atoms with Crippen LogP contribution in [0.4, 0.5) is 11.6 Å². The van der Waals surface area contributed by atoms with Crippen LogP contribution in [0.15, 0.2) is 28.8 Å². The summed E-state index contributed by atoms with van der Waals surface area (Å²) in [5.41, 5.74) is 7.22. The zero-order valence-corrected chi connectivity index (χ0v) is 9.87. The van der Waals surface area contributed by atoms with Gasteiger partial charge in [-0.1, -0.05) is 0 Å². The van der Waals surface area contributed by atoms with Crippen molar-refractivity contribution in [3.8, 4) is 11.5 Å². The Morgan fingerprint density at radius 2 is 1.83 bits per heavy atom. The highest BCUT2D eigenvalue weighted by Crippen LogP contribution is 2.21. The molecule has 1 aliphatic heterocycles. The van der Waals surface area contributed by atoms with Gasteiger partial charge in [0.15, 0.2) is 0 Å². The average molecular weight is 246 g/mol. The van der Waals surface area contributed by atoms with Gasteiger partial charge in [-0.3, -0.25) is 0 Å². The van der Waals surface area contributed by atoms with Crippen LogP contribution in [-0.2, 0) is 4.74 Å². The van der Waals surface area contributed by atoms with Crippen LogP contribution in [0.1, 0.15) is 0 Å². The highest BCUT2D eigenvalue weighted by atomic mass is 16.5. The van der Waals surface area contributed by atoms with E-state index in [1.807, 2.05) is 29.2 Å². The fraction of sp³-hybridized carbons (Fsp3) is 0.333. The third-order valence-corrected chi connectivity index (χ3v) is 2.87. The quantitative estimate of drug-likeness (QED) is 0.801. The molecule has 1 aromatic carbocycles. The van der Waals surface area contributed by atoms with E-state index in [0.29, 0.717) is 30.7 Å². The van der Waals surface area contributed by atoms with Crippen LogP contribution < -0.4 is 10.6 Å². The summed E-state index contributed by atoms with van der Waals surface area (Å²) in [5.74, 6) is 1.13. The van der Waals surface area contributed by atoms with Gasteiger partial charge in [-0.05, 0) is 29.4 Å². The Morgan fingerprint density at radius 3 is 2.56 bits per heavy atom. The lowest BCUT2D eigenvalue weighted by Gasteiger charge is -2.24. The summed E-state index contributed by atoms with van der Waals surface area (Å²) in [6.45, 7) is 2.99. The van der Waals surface area contributed by atoms with Gasteiger partial charge in [0.1, 0.15) is 0 Å². The number of hydrogen-bond donors (Lipinski definition) is 1. The summed E-state index contributed by atoms with van der Waals surface area (Å²) in [4.78, 5) is 6.44. The van der Waals surface area contributed by atoms with Gasteiger partial charge in [0.2, 0.25) is 0 Å². The van der Waals surface area contributed by atoms with E-state index in [1.54, 1.807) is 0 Å². The lowest BCUT2D eigenvalue weighted by molar-refractivity contribution is 0.121. The minimum atomic E-state index is 0.511. The zero-order chi connectivity index (χ0) is 12.4. The van der Waals surface area contributed by atoms with E-state index < -0.39 is 0 Å². The lowest BCUT2D eigenvalue weighted by atomic mass is 10.2. The van der Waals surface area contributed by atoms with E-state index in [2.05, 4.69) is 10.1 Å². The van der Waals surface area contributed by atoms with E-state index in [-0.39, 0.29) is 0 Å². The zero-order valence-electron chi connectivity index (χ0n) is 9.87. The van der Waals surface area contributed by atoms with E-state index in [1.165, 1.54) is 0 Å². The molecule has 0 bridgehead atoms. The highest BCUT2D eigenvalue weighted by Gasteiger charge is 2.17. The summed E-state index contributed by atoms with van der Waals surface area (Å²) in [5, 5.41) is 3.99. The minimum absolute atomic E-state index is 0.511. The third kappa shape index (κ3) is 2.14. The van der Waals surface area contributed by atoms with Crippen LogP contribution in [0.3, 0.4) is 0 Å². The molecule has 0 unspecified atom stereocenters. The first-order chi connectivity index (χ1) is 8.83. The number of nitrogen functional groups attached to an aromatic ring is 1. The van der Waals surface area contributed by atoms with Crippen LogP contribution in [-0.4, -0.2) is 36.4 Å². The molecule has 1 saturated heterocycles. The molecular formula is C12H14N4O2. The predicted molar refractivity (Wildman–Crippen MR) is 67.2 cm³/mol. The molecule has 1 aromatic heterocycles. The Kier molecular flexibility index (Phi) is 2.85. The number of nitrogens with two attached hydrogens (primary N) is 1. The van der Waals surface area contributed by atoms with Crippen molar-refractivity contribution in [3.63, 3.8) is 0 Å². The fourth-order valence-corrected chi connectivity index (χ4v) is 1.85. The van der Waals surface area contributed by atoms with Crippen molar-refractivity contribution in [2.75, 3.05) is 36.9 Å². The highest BCUT2D eigenvalue weighted by molar-refractivity contribution is 5.58. The molecule has 1 aliphatic rings. The van der Waals surface area contributed by atoms with Gasteiger partial charge in [-0.2, -0.15) is 4.98 Å². The molecule has 1 fully saturated rings. The maximum absolute atomic E-state index is 5.64. The predicted octanol–water partition coefficient (Wildman–Crippen LogP) is 1.16.